The lowest BCUT2D eigenvalue weighted by molar-refractivity contribution is -0.0595. The third-order valence-electron chi connectivity index (χ3n) is 7.91. The number of piperidine rings is 1. The highest BCUT2D eigenvalue weighted by molar-refractivity contribution is 5.93. The number of fused-ring (bicyclic) bond motifs is 1. The molecule has 1 unspecified atom stereocenters. The number of imidazole rings is 1. The smallest absolute Gasteiger partial charge is 0.337 e. The fourth-order valence-electron chi connectivity index (χ4n) is 5.40. The Hall–Kier alpha value is -3.79. The molecule has 6 rings (SSSR count). The van der Waals surface area contributed by atoms with Gasteiger partial charge < -0.3 is 23.9 Å². The van der Waals surface area contributed by atoms with E-state index in [0.29, 0.717) is 62.8 Å². The van der Waals surface area contributed by atoms with Crippen molar-refractivity contribution in [2.45, 2.75) is 50.7 Å². The first kappa shape index (κ1) is 26.4. The number of hydrogen-bond acceptors (Lipinski definition) is 8. The van der Waals surface area contributed by atoms with E-state index in [1.54, 1.807) is 6.07 Å². The summed E-state index contributed by atoms with van der Waals surface area (Å²) in [4.78, 5) is 24.0. The van der Waals surface area contributed by atoms with Crippen molar-refractivity contribution in [2.24, 2.45) is 0 Å². The van der Waals surface area contributed by atoms with Crippen molar-refractivity contribution in [2.75, 3.05) is 26.8 Å². The number of carbonyl (C=O) groups excluding carboxylic acids is 1. The maximum absolute atomic E-state index is 12.2. The van der Waals surface area contributed by atoms with Gasteiger partial charge in [0, 0.05) is 25.8 Å². The van der Waals surface area contributed by atoms with E-state index in [1.165, 1.54) is 7.11 Å². The highest BCUT2D eigenvalue weighted by atomic mass is 16.5. The van der Waals surface area contributed by atoms with Gasteiger partial charge in [-0.2, -0.15) is 0 Å². The van der Waals surface area contributed by atoms with Crippen molar-refractivity contribution in [3.8, 4) is 5.88 Å². The topological polar surface area (TPSA) is 98.9 Å². The number of carbonyl (C=O) groups is 1. The van der Waals surface area contributed by atoms with E-state index < -0.39 is 5.60 Å². The maximum Gasteiger partial charge on any atom is 0.337 e. The molecular formula is C31H34N4O5. The summed E-state index contributed by atoms with van der Waals surface area (Å²) in [6.45, 7) is 3.93. The van der Waals surface area contributed by atoms with E-state index >= 15 is 0 Å². The van der Waals surface area contributed by atoms with Gasteiger partial charge in [-0.05, 0) is 49.1 Å². The number of methoxy groups -OCH3 is 1. The second-order valence-electron chi connectivity index (χ2n) is 10.6. The minimum absolute atomic E-state index is 0.145. The molecule has 2 aliphatic heterocycles. The molecule has 0 amide bonds. The zero-order chi connectivity index (χ0) is 27.5. The van der Waals surface area contributed by atoms with Crippen LogP contribution in [0.4, 0.5) is 0 Å². The van der Waals surface area contributed by atoms with Gasteiger partial charge in [-0.25, -0.2) is 14.8 Å². The second kappa shape index (κ2) is 11.4. The maximum atomic E-state index is 12.2. The Morgan fingerprint density at radius 3 is 2.60 bits per heavy atom. The summed E-state index contributed by atoms with van der Waals surface area (Å²) in [5.41, 5.74) is 2.94. The number of pyridine rings is 1. The van der Waals surface area contributed by atoms with Crippen molar-refractivity contribution in [3.05, 3.63) is 89.4 Å². The summed E-state index contributed by atoms with van der Waals surface area (Å²) in [6.07, 6.45) is 2.27. The van der Waals surface area contributed by atoms with Gasteiger partial charge in [-0.3, -0.25) is 4.90 Å². The first-order chi connectivity index (χ1) is 19.5. The average molecular weight is 543 g/mol. The summed E-state index contributed by atoms with van der Waals surface area (Å²) in [5, 5.41) is 11.5. The van der Waals surface area contributed by atoms with Crippen molar-refractivity contribution in [1.82, 2.24) is 19.4 Å². The van der Waals surface area contributed by atoms with Crippen LogP contribution >= 0.6 is 0 Å². The zero-order valence-electron chi connectivity index (χ0n) is 22.7. The van der Waals surface area contributed by atoms with E-state index in [4.69, 9.17) is 19.2 Å². The van der Waals surface area contributed by atoms with Gasteiger partial charge in [-0.1, -0.05) is 36.4 Å². The number of ether oxygens (including phenoxy) is 3. The number of aliphatic hydroxyl groups is 1. The van der Waals surface area contributed by atoms with Crippen LogP contribution in [0.5, 0.6) is 5.88 Å². The zero-order valence-corrected chi connectivity index (χ0v) is 22.7. The van der Waals surface area contributed by atoms with Crippen LogP contribution < -0.4 is 4.74 Å². The molecular weight excluding hydrogens is 508 g/mol. The predicted molar refractivity (Wildman–Crippen MR) is 149 cm³/mol. The Balaban J connectivity index is 1.15. The van der Waals surface area contributed by atoms with Crippen molar-refractivity contribution in [1.29, 1.82) is 0 Å². The molecule has 2 aliphatic rings. The quantitative estimate of drug-likeness (QED) is 0.316. The molecule has 4 heterocycles. The van der Waals surface area contributed by atoms with Gasteiger partial charge in [0.1, 0.15) is 18.0 Å². The Bertz CT molecular complexity index is 1480. The first-order valence-corrected chi connectivity index (χ1v) is 13.8. The van der Waals surface area contributed by atoms with Gasteiger partial charge in [0.15, 0.2) is 0 Å². The van der Waals surface area contributed by atoms with E-state index in [-0.39, 0.29) is 12.1 Å². The molecule has 9 heteroatoms. The fraction of sp³-hybridized carbons (Fsp3) is 0.387. The summed E-state index contributed by atoms with van der Waals surface area (Å²) in [7, 11) is 1.39. The molecule has 0 radical (unpaired) electrons. The minimum Gasteiger partial charge on any atom is -0.473 e. The van der Waals surface area contributed by atoms with Gasteiger partial charge >= 0.3 is 5.97 Å². The van der Waals surface area contributed by atoms with Crippen LogP contribution in [0.2, 0.25) is 0 Å². The fourth-order valence-corrected chi connectivity index (χ4v) is 5.40. The summed E-state index contributed by atoms with van der Waals surface area (Å²) < 4.78 is 18.7. The monoisotopic (exact) mass is 542 g/mol. The molecule has 1 N–H and O–H groups in total. The number of aromatic nitrogens is 3. The molecule has 0 aliphatic carbocycles. The van der Waals surface area contributed by atoms with Crippen LogP contribution in [-0.2, 0) is 34.8 Å². The molecule has 2 aromatic heterocycles. The van der Waals surface area contributed by atoms with Crippen LogP contribution in [0.1, 0.15) is 46.7 Å². The largest absolute Gasteiger partial charge is 0.473 e. The minimum atomic E-state index is -1.02. The van der Waals surface area contributed by atoms with E-state index in [1.807, 2.05) is 60.7 Å². The highest BCUT2D eigenvalue weighted by Gasteiger charge is 2.36. The Morgan fingerprint density at radius 1 is 1.07 bits per heavy atom. The van der Waals surface area contributed by atoms with Crippen LogP contribution in [-0.4, -0.2) is 63.4 Å². The van der Waals surface area contributed by atoms with Crippen molar-refractivity contribution < 1.29 is 24.1 Å². The number of rotatable bonds is 9. The van der Waals surface area contributed by atoms with Gasteiger partial charge in [0.2, 0.25) is 5.88 Å². The van der Waals surface area contributed by atoms with Crippen molar-refractivity contribution in [3.63, 3.8) is 0 Å². The van der Waals surface area contributed by atoms with E-state index in [0.717, 1.165) is 35.4 Å². The predicted octanol–water partition coefficient (Wildman–Crippen LogP) is 4.07. The molecule has 2 saturated heterocycles. The Labute approximate surface area is 233 Å². The average Bonchev–Trinajstić information content (AvgIpc) is 3.31. The lowest BCUT2D eigenvalue weighted by atomic mass is 9.87. The van der Waals surface area contributed by atoms with E-state index in [2.05, 4.69) is 14.5 Å². The lowest BCUT2D eigenvalue weighted by Crippen LogP contribution is -2.43. The van der Waals surface area contributed by atoms with Crippen molar-refractivity contribution >= 4 is 17.0 Å². The third-order valence-corrected chi connectivity index (χ3v) is 7.91. The van der Waals surface area contributed by atoms with Gasteiger partial charge in [-0.15, -0.1) is 0 Å². The molecule has 0 saturated carbocycles. The first-order valence-electron chi connectivity index (χ1n) is 13.8. The normalized spacial score (nSPS) is 18.8. The standard InChI is InChI=1S/C31H34N4O5/c1-38-30(36)23-10-11-25-26(18-23)35(19-24-12-17-39-24)28(32-25)20-34-15-13-31(37,14-16-34)27-8-5-9-29(33-27)40-21-22-6-3-2-4-7-22/h2-11,18,24,37H,12-17,19-21H2,1H3. The van der Waals surface area contributed by atoms with Crippen LogP contribution in [0.15, 0.2) is 66.7 Å². The molecule has 40 heavy (non-hydrogen) atoms. The van der Waals surface area contributed by atoms with E-state index in [9.17, 15) is 9.90 Å². The second-order valence-corrected chi connectivity index (χ2v) is 10.6. The highest BCUT2D eigenvalue weighted by Crippen LogP contribution is 2.33. The summed E-state index contributed by atoms with van der Waals surface area (Å²) in [5.74, 6) is 1.07. The third kappa shape index (κ3) is 5.58. The number of likely N-dealkylation sites (tertiary alicyclic amines) is 1. The molecule has 9 nitrogen and oxygen atoms in total. The van der Waals surface area contributed by atoms with Gasteiger partial charge in [0.25, 0.3) is 0 Å². The summed E-state index contributed by atoms with van der Waals surface area (Å²) in [6, 6.07) is 21.0. The Kier molecular flexibility index (Phi) is 7.51. The summed E-state index contributed by atoms with van der Waals surface area (Å²) >= 11 is 0. The number of esters is 1. The molecule has 2 aromatic carbocycles. The SMILES string of the molecule is COC(=O)c1ccc2nc(CN3CCC(O)(c4cccc(OCc5ccccc5)n4)CC3)n(CC3CCO3)c2c1. The molecule has 4 aromatic rings. The van der Waals surface area contributed by atoms with Crippen LogP contribution in [0.25, 0.3) is 11.0 Å². The van der Waals surface area contributed by atoms with Crippen LogP contribution in [0.3, 0.4) is 0 Å². The molecule has 0 spiro atoms. The van der Waals surface area contributed by atoms with Gasteiger partial charge in [0.05, 0.1) is 48.6 Å². The Morgan fingerprint density at radius 2 is 1.88 bits per heavy atom. The number of nitrogens with zero attached hydrogens (tertiary/aromatic N) is 4. The number of benzene rings is 2. The molecule has 2 fully saturated rings. The lowest BCUT2D eigenvalue weighted by Gasteiger charge is -2.38. The molecule has 0 bridgehead atoms. The molecule has 208 valence electrons. The molecule has 1 atom stereocenters. The number of hydrogen-bond donors (Lipinski definition) is 1. The van der Waals surface area contributed by atoms with Crippen LogP contribution in [0, 0.1) is 0 Å².